The van der Waals surface area contributed by atoms with E-state index in [1.54, 1.807) is 4.68 Å². The van der Waals surface area contributed by atoms with E-state index in [0.717, 1.165) is 43.6 Å². The van der Waals surface area contributed by atoms with Crippen molar-refractivity contribution >= 4 is 11.6 Å². The van der Waals surface area contributed by atoms with Gasteiger partial charge in [-0.1, -0.05) is 11.6 Å². The van der Waals surface area contributed by atoms with E-state index < -0.39 is 5.60 Å². The molecule has 0 spiro atoms. The number of nitrogens with zero attached hydrogens (tertiary/aromatic N) is 3. The lowest BCUT2D eigenvalue weighted by Gasteiger charge is -2.28. The van der Waals surface area contributed by atoms with Gasteiger partial charge in [0.15, 0.2) is 0 Å². The number of aryl methyl sites for hydroxylation is 2. The van der Waals surface area contributed by atoms with Crippen LogP contribution in [0.15, 0.2) is 0 Å². The molecule has 0 saturated carbocycles. The average Bonchev–Trinajstić information content (AvgIpc) is 2.56. The first kappa shape index (κ1) is 15.8. The van der Waals surface area contributed by atoms with Crippen molar-refractivity contribution in [1.82, 2.24) is 14.7 Å². The van der Waals surface area contributed by atoms with Gasteiger partial charge < -0.3 is 10.0 Å². The Morgan fingerprint density at radius 3 is 2.60 bits per heavy atom. The molecule has 0 aromatic carbocycles. The van der Waals surface area contributed by atoms with Crippen molar-refractivity contribution in [2.24, 2.45) is 7.05 Å². The van der Waals surface area contributed by atoms with E-state index >= 15 is 0 Å². The Kier molecular flexibility index (Phi) is 4.77. The van der Waals surface area contributed by atoms with Crippen molar-refractivity contribution < 1.29 is 5.11 Å². The summed E-state index contributed by atoms with van der Waals surface area (Å²) in [4.78, 5) is 2.44. The van der Waals surface area contributed by atoms with E-state index in [9.17, 15) is 5.11 Å². The molecule has 114 valence electrons. The van der Waals surface area contributed by atoms with E-state index in [0.29, 0.717) is 17.6 Å². The zero-order valence-corrected chi connectivity index (χ0v) is 13.7. The molecular formula is C15H26ClN3O. The number of hydrogen-bond donors (Lipinski definition) is 1. The molecule has 4 nitrogen and oxygen atoms in total. The molecule has 1 saturated heterocycles. The van der Waals surface area contributed by atoms with Gasteiger partial charge in [-0.25, -0.2) is 0 Å². The zero-order chi connectivity index (χ0) is 14.9. The van der Waals surface area contributed by atoms with Gasteiger partial charge >= 0.3 is 0 Å². The zero-order valence-electron chi connectivity index (χ0n) is 13.0. The van der Waals surface area contributed by atoms with Gasteiger partial charge in [-0.2, -0.15) is 5.10 Å². The second-order valence-corrected chi connectivity index (χ2v) is 6.72. The second kappa shape index (κ2) is 6.04. The van der Waals surface area contributed by atoms with Crippen LogP contribution in [0.3, 0.4) is 0 Å². The molecule has 0 aliphatic carbocycles. The average molecular weight is 300 g/mol. The lowest BCUT2D eigenvalue weighted by atomic mass is 9.88. The summed E-state index contributed by atoms with van der Waals surface area (Å²) in [5.41, 5.74) is 1.27. The Labute approximate surface area is 126 Å². The summed E-state index contributed by atoms with van der Waals surface area (Å²) in [5.74, 6) is 0. The molecule has 2 heterocycles. The minimum Gasteiger partial charge on any atom is -0.389 e. The van der Waals surface area contributed by atoms with E-state index in [1.165, 1.54) is 0 Å². The van der Waals surface area contributed by atoms with Crippen LogP contribution in [-0.4, -0.2) is 44.5 Å². The monoisotopic (exact) mass is 299 g/mol. The van der Waals surface area contributed by atoms with Gasteiger partial charge in [-0.15, -0.1) is 0 Å². The van der Waals surface area contributed by atoms with Gasteiger partial charge in [0.2, 0.25) is 0 Å². The van der Waals surface area contributed by atoms with Gasteiger partial charge in [0, 0.05) is 31.6 Å². The van der Waals surface area contributed by atoms with Gasteiger partial charge in [0.1, 0.15) is 5.15 Å². The number of hydrogen-bond acceptors (Lipinski definition) is 3. The standard InChI is InChI=1S/C15H26ClN3O/c1-11(2)19-8-5-6-15(20,7-9-19)10-13-12(3)17-18(4)14(13)16/h11,20H,5-10H2,1-4H3. The molecule has 1 atom stereocenters. The van der Waals surface area contributed by atoms with Crippen LogP contribution in [0.2, 0.25) is 5.15 Å². The molecule has 1 unspecified atom stereocenters. The predicted molar refractivity (Wildman–Crippen MR) is 82.2 cm³/mol. The van der Waals surface area contributed by atoms with Crippen molar-refractivity contribution in [3.8, 4) is 0 Å². The van der Waals surface area contributed by atoms with E-state index in [1.807, 2.05) is 14.0 Å². The van der Waals surface area contributed by atoms with Crippen molar-refractivity contribution in [1.29, 1.82) is 0 Å². The molecular weight excluding hydrogens is 274 g/mol. The normalized spacial score (nSPS) is 25.1. The quantitative estimate of drug-likeness (QED) is 0.932. The molecule has 1 fully saturated rings. The molecule has 20 heavy (non-hydrogen) atoms. The summed E-state index contributed by atoms with van der Waals surface area (Å²) in [6, 6.07) is 0.543. The number of aliphatic hydroxyl groups is 1. The van der Waals surface area contributed by atoms with Crippen LogP contribution in [0, 0.1) is 6.92 Å². The van der Waals surface area contributed by atoms with Crippen molar-refractivity contribution in [3.05, 3.63) is 16.4 Å². The highest BCUT2D eigenvalue weighted by molar-refractivity contribution is 6.30. The molecule has 0 radical (unpaired) electrons. The highest BCUT2D eigenvalue weighted by atomic mass is 35.5. The summed E-state index contributed by atoms with van der Waals surface area (Å²) >= 11 is 6.29. The lowest BCUT2D eigenvalue weighted by molar-refractivity contribution is 0.0247. The van der Waals surface area contributed by atoms with Crippen LogP contribution in [0.25, 0.3) is 0 Å². The van der Waals surface area contributed by atoms with Crippen LogP contribution >= 0.6 is 11.6 Å². The van der Waals surface area contributed by atoms with E-state index in [2.05, 4.69) is 23.8 Å². The van der Waals surface area contributed by atoms with Crippen LogP contribution < -0.4 is 0 Å². The highest BCUT2D eigenvalue weighted by Crippen LogP contribution is 2.31. The maximum absolute atomic E-state index is 10.9. The molecule has 1 aliphatic rings. The third kappa shape index (κ3) is 3.35. The summed E-state index contributed by atoms with van der Waals surface area (Å²) < 4.78 is 1.69. The summed E-state index contributed by atoms with van der Waals surface area (Å²) in [6.45, 7) is 8.41. The maximum Gasteiger partial charge on any atom is 0.130 e. The van der Waals surface area contributed by atoms with Crippen LogP contribution in [0.4, 0.5) is 0 Å². The summed E-state index contributed by atoms with van der Waals surface area (Å²) in [6.07, 6.45) is 3.28. The first-order valence-corrected chi connectivity index (χ1v) is 7.84. The fourth-order valence-electron chi connectivity index (χ4n) is 3.10. The third-order valence-corrected chi connectivity index (χ3v) is 4.93. The number of rotatable bonds is 3. The first-order chi connectivity index (χ1) is 9.32. The first-order valence-electron chi connectivity index (χ1n) is 7.47. The highest BCUT2D eigenvalue weighted by Gasteiger charge is 2.33. The largest absolute Gasteiger partial charge is 0.389 e. The Morgan fingerprint density at radius 1 is 1.35 bits per heavy atom. The minimum absolute atomic E-state index is 0.543. The number of likely N-dealkylation sites (tertiary alicyclic amines) is 1. The molecule has 1 aliphatic heterocycles. The van der Waals surface area contributed by atoms with Crippen LogP contribution in [0.5, 0.6) is 0 Å². The molecule has 1 aromatic heterocycles. The number of halogens is 1. The molecule has 1 N–H and O–H groups in total. The summed E-state index contributed by atoms with van der Waals surface area (Å²) in [5, 5.41) is 15.9. The van der Waals surface area contributed by atoms with Crippen molar-refractivity contribution in [2.45, 2.75) is 58.1 Å². The van der Waals surface area contributed by atoms with Gasteiger partial charge in [-0.05, 0) is 46.6 Å². The molecule has 0 bridgehead atoms. The van der Waals surface area contributed by atoms with Crippen LogP contribution in [0.1, 0.15) is 44.4 Å². The van der Waals surface area contributed by atoms with Gasteiger partial charge in [-0.3, -0.25) is 4.68 Å². The Morgan fingerprint density at radius 2 is 2.05 bits per heavy atom. The third-order valence-electron chi connectivity index (χ3n) is 4.46. The fourth-order valence-corrected chi connectivity index (χ4v) is 3.34. The topological polar surface area (TPSA) is 41.3 Å². The summed E-state index contributed by atoms with van der Waals surface area (Å²) in [7, 11) is 1.84. The lowest BCUT2D eigenvalue weighted by Crippen LogP contribution is -2.35. The molecule has 1 aromatic rings. The maximum atomic E-state index is 10.9. The Bertz CT molecular complexity index is 472. The van der Waals surface area contributed by atoms with Crippen LogP contribution in [-0.2, 0) is 13.5 Å². The number of aromatic nitrogens is 2. The second-order valence-electron chi connectivity index (χ2n) is 6.36. The van der Waals surface area contributed by atoms with E-state index in [4.69, 9.17) is 11.6 Å². The molecule has 5 heteroatoms. The van der Waals surface area contributed by atoms with Gasteiger partial charge in [0.25, 0.3) is 0 Å². The van der Waals surface area contributed by atoms with Crippen molar-refractivity contribution in [3.63, 3.8) is 0 Å². The predicted octanol–water partition coefficient (Wildman–Crippen LogP) is 2.55. The SMILES string of the molecule is Cc1nn(C)c(Cl)c1CC1(O)CCCN(C(C)C)CC1. The smallest absolute Gasteiger partial charge is 0.130 e. The van der Waals surface area contributed by atoms with Crippen molar-refractivity contribution in [2.75, 3.05) is 13.1 Å². The molecule has 2 rings (SSSR count). The Balaban J connectivity index is 2.11. The van der Waals surface area contributed by atoms with E-state index in [-0.39, 0.29) is 0 Å². The van der Waals surface area contributed by atoms with Gasteiger partial charge in [0.05, 0.1) is 11.3 Å². The minimum atomic E-state index is -0.652. The molecule has 0 amide bonds. The fraction of sp³-hybridized carbons (Fsp3) is 0.800. The Hall–Kier alpha value is -0.580.